The number of nitrogens with zero attached hydrogens (tertiary/aromatic N) is 1. The van der Waals surface area contributed by atoms with E-state index in [1.165, 1.54) is 18.2 Å². The Kier molecular flexibility index (Phi) is 3.55. The number of nitrogen functional groups attached to an aromatic ring is 1. The Balaban J connectivity index is 3.16. The quantitative estimate of drug-likeness (QED) is 0.659. The van der Waals surface area contributed by atoms with E-state index >= 15 is 0 Å². The van der Waals surface area contributed by atoms with Gasteiger partial charge in [0.25, 0.3) is 0 Å². The molecule has 0 bridgehead atoms. The number of rotatable bonds is 4. The number of nitriles is 1. The van der Waals surface area contributed by atoms with Crippen molar-refractivity contribution in [3.05, 3.63) is 23.8 Å². The van der Waals surface area contributed by atoms with Crippen LogP contribution in [-0.4, -0.2) is 25.2 Å². The molecule has 0 aliphatic rings. The average Bonchev–Trinajstić information content (AvgIpc) is 2.20. The molecule has 17 heavy (non-hydrogen) atoms. The van der Waals surface area contributed by atoms with Crippen LogP contribution in [0.2, 0.25) is 0 Å². The van der Waals surface area contributed by atoms with Crippen LogP contribution in [0.5, 0.6) is 0 Å². The molecule has 0 spiro atoms. The molecule has 0 amide bonds. The summed E-state index contributed by atoms with van der Waals surface area (Å²) < 4.78 is 24.6. The standard InChI is InChI=1S/C9H9N3O4S/c10-3-4-17(15,16)12-8-2-1-6(11)5-7(8)9(13)14/h1-2,5,12H,4,11H2,(H,13,14). The van der Waals surface area contributed by atoms with Gasteiger partial charge in [-0.05, 0) is 18.2 Å². The smallest absolute Gasteiger partial charge is 0.337 e. The molecule has 0 aliphatic heterocycles. The molecule has 0 saturated carbocycles. The minimum Gasteiger partial charge on any atom is -0.478 e. The van der Waals surface area contributed by atoms with Crippen molar-refractivity contribution in [2.24, 2.45) is 0 Å². The first-order chi connectivity index (χ1) is 7.85. The van der Waals surface area contributed by atoms with E-state index in [9.17, 15) is 13.2 Å². The van der Waals surface area contributed by atoms with E-state index in [1.54, 1.807) is 0 Å². The zero-order chi connectivity index (χ0) is 13.1. The second kappa shape index (κ2) is 4.71. The summed E-state index contributed by atoms with van der Waals surface area (Å²) in [4.78, 5) is 10.9. The first kappa shape index (κ1) is 12.8. The Morgan fingerprint density at radius 1 is 1.53 bits per heavy atom. The molecule has 7 nitrogen and oxygen atoms in total. The van der Waals surface area contributed by atoms with Crippen LogP contribution in [0.4, 0.5) is 11.4 Å². The Labute approximate surface area is 97.5 Å². The van der Waals surface area contributed by atoms with Crippen LogP contribution >= 0.6 is 0 Å². The molecule has 0 heterocycles. The normalized spacial score (nSPS) is 10.5. The number of sulfonamides is 1. The fourth-order valence-corrected chi connectivity index (χ4v) is 1.87. The van der Waals surface area contributed by atoms with Crippen molar-refractivity contribution in [2.75, 3.05) is 16.2 Å². The van der Waals surface area contributed by atoms with Gasteiger partial charge in [0.1, 0.15) is 0 Å². The largest absolute Gasteiger partial charge is 0.478 e. The highest BCUT2D eigenvalue weighted by molar-refractivity contribution is 7.92. The summed E-state index contributed by atoms with van der Waals surface area (Å²) in [6.45, 7) is 0. The number of carboxylic acid groups (broad SMARTS) is 1. The van der Waals surface area contributed by atoms with E-state index in [4.69, 9.17) is 16.1 Å². The number of hydrogen-bond donors (Lipinski definition) is 3. The Hall–Kier alpha value is -2.27. The number of nitrogens with one attached hydrogen (secondary N) is 1. The summed E-state index contributed by atoms with van der Waals surface area (Å²) in [7, 11) is -3.87. The van der Waals surface area contributed by atoms with E-state index in [1.807, 2.05) is 4.72 Å². The predicted octanol–water partition coefficient (Wildman–Crippen LogP) is 0.232. The van der Waals surface area contributed by atoms with Crippen LogP contribution in [0.25, 0.3) is 0 Å². The van der Waals surface area contributed by atoms with Gasteiger partial charge in [0.2, 0.25) is 10.0 Å². The maximum absolute atomic E-state index is 11.3. The third kappa shape index (κ3) is 3.35. The molecule has 0 unspecified atom stereocenters. The fraction of sp³-hybridized carbons (Fsp3) is 0.111. The van der Waals surface area contributed by atoms with Crippen molar-refractivity contribution >= 4 is 27.4 Å². The summed E-state index contributed by atoms with van der Waals surface area (Å²) in [5.74, 6) is -2.07. The molecule has 1 aromatic rings. The molecule has 0 fully saturated rings. The van der Waals surface area contributed by atoms with Gasteiger partial charge in [0.05, 0.1) is 17.3 Å². The number of carbonyl (C=O) groups is 1. The van der Waals surface area contributed by atoms with Gasteiger partial charge >= 0.3 is 5.97 Å². The van der Waals surface area contributed by atoms with Gasteiger partial charge in [0, 0.05) is 5.69 Å². The maximum Gasteiger partial charge on any atom is 0.337 e. The number of hydrogen-bond acceptors (Lipinski definition) is 5. The monoisotopic (exact) mass is 255 g/mol. The summed E-state index contributed by atoms with van der Waals surface area (Å²) in [6, 6.07) is 5.18. The second-order valence-corrected chi connectivity index (χ2v) is 4.85. The van der Waals surface area contributed by atoms with E-state index in [2.05, 4.69) is 0 Å². The lowest BCUT2D eigenvalue weighted by Crippen LogP contribution is -2.17. The third-order valence-corrected chi connectivity index (χ3v) is 2.83. The Morgan fingerprint density at radius 2 is 2.18 bits per heavy atom. The minimum atomic E-state index is -3.87. The van der Waals surface area contributed by atoms with E-state index in [0.29, 0.717) is 0 Å². The topological polar surface area (TPSA) is 133 Å². The molecule has 0 atom stereocenters. The summed E-state index contributed by atoms with van der Waals surface area (Å²) in [6.07, 6.45) is 0. The molecule has 90 valence electrons. The summed E-state index contributed by atoms with van der Waals surface area (Å²) >= 11 is 0. The first-order valence-electron chi connectivity index (χ1n) is 4.36. The van der Waals surface area contributed by atoms with Gasteiger partial charge in [-0.1, -0.05) is 0 Å². The van der Waals surface area contributed by atoms with E-state index < -0.39 is 21.7 Å². The molecular formula is C9H9N3O4S. The van der Waals surface area contributed by atoms with Crippen molar-refractivity contribution in [2.45, 2.75) is 0 Å². The number of nitrogens with two attached hydrogens (primary N) is 1. The fourth-order valence-electron chi connectivity index (χ4n) is 1.12. The highest BCUT2D eigenvalue weighted by atomic mass is 32.2. The minimum absolute atomic E-state index is 0.123. The molecule has 0 radical (unpaired) electrons. The SMILES string of the molecule is N#CCS(=O)(=O)Nc1ccc(N)cc1C(=O)O. The molecule has 1 aromatic carbocycles. The molecule has 8 heteroatoms. The average molecular weight is 255 g/mol. The van der Waals surface area contributed by atoms with Crippen LogP contribution in [0.3, 0.4) is 0 Å². The number of carboxylic acids is 1. The van der Waals surface area contributed by atoms with Crippen LogP contribution in [-0.2, 0) is 10.0 Å². The highest BCUT2D eigenvalue weighted by Gasteiger charge is 2.16. The summed E-state index contributed by atoms with van der Waals surface area (Å²) in [5.41, 5.74) is 5.20. The van der Waals surface area contributed by atoms with Crippen molar-refractivity contribution in [1.29, 1.82) is 5.26 Å². The van der Waals surface area contributed by atoms with Gasteiger partial charge in [-0.2, -0.15) is 5.26 Å². The predicted molar refractivity (Wildman–Crippen MR) is 60.8 cm³/mol. The van der Waals surface area contributed by atoms with Gasteiger partial charge in [-0.15, -0.1) is 0 Å². The van der Waals surface area contributed by atoms with Crippen LogP contribution in [0.1, 0.15) is 10.4 Å². The molecule has 1 rings (SSSR count). The van der Waals surface area contributed by atoms with Crippen molar-refractivity contribution in [3.8, 4) is 6.07 Å². The van der Waals surface area contributed by atoms with Gasteiger partial charge in [0.15, 0.2) is 5.75 Å². The lowest BCUT2D eigenvalue weighted by Gasteiger charge is -2.08. The number of anilines is 2. The van der Waals surface area contributed by atoms with E-state index in [-0.39, 0.29) is 16.9 Å². The zero-order valence-electron chi connectivity index (χ0n) is 8.54. The highest BCUT2D eigenvalue weighted by Crippen LogP contribution is 2.20. The summed E-state index contributed by atoms with van der Waals surface area (Å²) in [5, 5.41) is 17.2. The molecule has 0 saturated heterocycles. The molecule has 0 aromatic heterocycles. The van der Waals surface area contributed by atoms with Gasteiger partial charge < -0.3 is 10.8 Å². The number of benzene rings is 1. The lowest BCUT2D eigenvalue weighted by molar-refractivity contribution is 0.0698. The van der Waals surface area contributed by atoms with Gasteiger partial charge in [-0.3, -0.25) is 4.72 Å². The van der Waals surface area contributed by atoms with E-state index in [0.717, 1.165) is 6.07 Å². The Bertz CT molecular complexity index is 589. The van der Waals surface area contributed by atoms with Crippen LogP contribution in [0.15, 0.2) is 18.2 Å². The van der Waals surface area contributed by atoms with Gasteiger partial charge in [-0.25, -0.2) is 13.2 Å². The lowest BCUT2D eigenvalue weighted by atomic mass is 10.1. The maximum atomic E-state index is 11.3. The first-order valence-corrected chi connectivity index (χ1v) is 6.01. The molecular weight excluding hydrogens is 246 g/mol. The van der Waals surface area contributed by atoms with Crippen molar-refractivity contribution in [3.63, 3.8) is 0 Å². The third-order valence-electron chi connectivity index (χ3n) is 1.79. The number of aromatic carboxylic acids is 1. The zero-order valence-corrected chi connectivity index (χ0v) is 9.36. The Morgan fingerprint density at radius 3 is 2.71 bits per heavy atom. The van der Waals surface area contributed by atoms with Crippen molar-refractivity contribution < 1.29 is 18.3 Å². The second-order valence-electron chi connectivity index (χ2n) is 3.13. The van der Waals surface area contributed by atoms with Crippen LogP contribution < -0.4 is 10.5 Å². The van der Waals surface area contributed by atoms with Crippen molar-refractivity contribution in [1.82, 2.24) is 0 Å². The molecule has 4 N–H and O–H groups in total. The van der Waals surface area contributed by atoms with Crippen LogP contribution in [0, 0.1) is 11.3 Å². The molecule has 0 aliphatic carbocycles.